The molecule has 0 fully saturated rings. The SMILES string of the molecule is CC(C)OCCCN1C(=O)C(O)=C(C(=O)c2cc3cc(Cl)ccc3o2)C1c1ccc(F)cc1. The van der Waals surface area contributed by atoms with Crippen LogP contribution in [-0.4, -0.2) is 41.0 Å². The average molecular weight is 472 g/mol. The van der Waals surface area contributed by atoms with Crippen molar-refractivity contribution in [2.45, 2.75) is 32.4 Å². The highest BCUT2D eigenvalue weighted by Gasteiger charge is 2.44. The molecule has 1 aromatic heterocycles. The Labute approximate surface area is 195 Å². The van der Waals surface area contributed by atoms with E-state index in [1.807, 2.05) is 13.8 Å². The molecule has 33 heavy (non-hydrogen) atoms. The van der Waals surface area contributed by atoms with Crippen LogP contribution < -0.4 is 0 Å². The summed E-state index contributed by atoms with van der Waals surface area (Å²) in [6, 6.07) is 11.1. The molecule has 1 atom stereocenters. The van der Waals surface area contributed by atoms with Crippen LogP contribution in [0.3, 0.4) is 0 Å². The summed E-state index contributed by atoms with van der Waals surface area (Å²) in [4.78, 5) is 27.8. The van der Waals surface area contributed by atoms with Gasteiger partial charge in [0, 0.05) is 23.6 Å². The normalized spacial score (nSPS) is 16.5. The number of benzene rings is 2. The fourth-order valence-corrected chi connectivity index (χ4v) is 4.10. The van der Waals surface area contributed by atoms with E-state index in [1.165, 1.54) is 35.2 Å². The Bertz CT molecular complexity index is 1230. The van der Waals surface area contributed by atoms with E-state index in [4.69, 9.17) is 20.8 Å². The molecule has 0 radical (unpaired) electrons. The number of rotatable bonds is 8. The molecule has 1 unspecified atom stereocenters. The third kappa shape index (κ3) is 4.65. The van der Waals surface area contributed by atoms with E-state index in [0.717, 1.165) is 0 Å². The maximum absolute atomic E-state index is 13.6. The van der Waals surface area contributed by atoms with Crippen LogP contribution in [0.1, 0.15) is 42.4 Å². The maximum atomic E-state index is 13.6. The van der Waals surface area contributed by atoms with Crippen molar-refractivity contribution in [1.29, 1.82) is 0 Å². The van der Waals surface area contributed by atoms with Gasteiger partial charge in [0.2, 0.25) is 5.78 Å². The van der Waals surface area contributed by atoms with Gasteiger partial charge >= 0.3 is 0 Å². The lowest BCUT2D eigenvalue weighted by Crippen LogP contribution is -2.32. The van der Waals surface area contributed by atoms with Crippen molar-refractivity contribution >= 4 is 34.3 Å². The van der Waals surface area contributed by atoms with E-state index >= 15 is 0 Å². The van der Waals surface area contributed by atoms with Crippen molar-refractivity contribution in [3.8, 4) is 0 Å². The zero-order chi connectivity index (χ0) is 23.7. The molecule has 0 saturated heterocycles. The summed E-state index contributed by atoms with van der Waals surface area (Å²) in [5, 5.41) is 11.8. The van der Waals surface area contributed by atoms with Crippen molar-refractivity contribution in [2.24, 2.45) is 0 Å². The first-order valence-electron chi connectivity index (χ1n) is 10.6. The largest absolute Gasteiger partial charge is 0.503 e. The lowest BCUT2D eigenvalue weighted by molar-refractivity contribution is -0.129. The summed E-state index contributed by atoms with van der Waals surface area (Å²) in [5.41, 5.74) is 0.843. The van der Waals surface area contributed by atoms with Gasteiger partial charge in [0.25, 0.3) is 5.91 Å². The smallest absolute Gasteiger partial charge is 0.290 e. The molecule has 2 aromatic carbocycles. The first-order valence-corrected chi connectivity index (χ1v) is 11.0. The Kier molecular flexibility index (Phi) is 6.54. The Morgan fingerprint density at radius 1 is 1.21 bits per heavy atom. The number of ether oxygens (including phenoxy) is 1. The summed E-state index contributed by atoms with van der Waals surface area (Å²) < 4.78 is 24.8. The van der Waals surface area contributed by atoms with Gasteiger partial charge in [-0.1, -0.05) is 23.7 Å². The molecule has 0 saturated carbocycles. The number of amides is 1. The fraction of sp³-hybridized carbons (Fsp3) is 0.280. The van der Waals surface area contributed by atoms with Crippen LogP contribution in [0.2, 0.25) is 5.02 Å². The van der Waals surface area contributed by atoms with E-state index in [9.17, 15) is 19.1 Å². The second kappa shape index (κ2) is 9.37. The number of aliphatic hydroxyl groups excluding tert-OH is 1. The van der Waals surface area contributed by atoms with Gasteiger partial charge in [-0.25, -0.2) is 4.39 Å². The van der Waals surface area contributed by atoms with E-state index in [0.29, 0.717) is 34.6 Å². The molecule has 0 bridgehead atoms. The van der Waals surface area contributed by atoms with Crippen LogP contribution in [-0.2, 0) is 9.53 Å². The molecule has 1 aliphatic rings. The van der Waals surface area contributed by atoms with Gasteiger partial charge in [-0.15, -0.1) is 0 Å². The number of ketones is 1. The molecule has 8 heteroatoms. The second-order valence-corrected chi connectivity index (χ2v) is 8.55. The number of hydrogen-bond acceptors (Lipinski definition) is 5. The lowest BCUT2D eigenvalue weighted by atomic mass is 9.95. The number of carbonyl (C=O) groups is 2. The standard InChI is InChI=1S/C25H23ClFNO5/c1-14(2)32-11-3-10-28-22(15-4-7-18(27)8-5-15)21(24(30)25(28)31)23(29)20-13-16-12-17(26)6-9-19(16)33-20/h4-9,12-14,22,30H,3,10-11H2,1-2H3. The summed E-state index contributed by atoms with van der Waals surface area (Å²) in [6.07, 6.45) is 0.539. The highest BCUT2D eigenvalue weighted by molar-refractivity contribution is 6.31. The van der Waals surface area contributed by atoms with Crippen molar-refractivity contribution in [3.05, 3.63) is 82.0 Å². The predicted molar refractivity (Wildman–Crippen MR) is 122 cm³/mol. The van der Waals surface area contributed by atoms with Crippen molar-refractivity contribution < 1.29 is 28.2 Å². The predicted octanol–water partition coefficient (Wildman–Crippen LogP) is 5.62. The van der Waals surface area contributed by atoms with Crippen LogP contribution in [0.5, 0.6) is 0 Å². The van der Waals surface area contributed by atoms with Gasteiger partial charge in [-0.2, -0.15) is 0 Å². The summed E-state index contributed by atoms with van der Waals surface area (Å²) >= 11 is 6.02. The molecule has 1 aliphatic heterocycles. The number of furan rings is 1. The molecule has 1 N–H and O–H groups in total. The van der Waals surface area contributed by atoms with Crippen molar-refractivity contribution in [2.75, 3.05) is 13.2 Å². The first-order chi connectivity index (χ1) is 15.8. The van der Waals surface area contributed by atoms with Gasteiger partial charge in [-0.05, 0) is 62.2 Å². The van der Waals surface area contributed by atoms with Gasteiger partial charge < -0.3 is 19.2 Å². The van der Waals surface area contributed by atoms with E-state index < -0.39 is 29.3 Å². The van der Waals surface area contributed by atoms with Gasteiger partial charge in [0.1, 0.15) is 11.4 Å². The fourth-order valence-electron chi connectivity index (χ4n) is 3.92. The summed E-state index contributed by atoms with van der Waals surface area (Å²) in [6.45, 7) is 4.47. The zero-order valence-corrected chi connectivity index (χ0v) is 18.9. The summed E-state index contributed by atoms with van der Waals surface area (Å²) in [7, 11) is 0. The topological polar surface area (TPSA) is 80.0 Å². The molecule has 3 aromatic rings. The number of Topliss-reactive ketones (excluding diaryl/α,β-unsaturated/α-hetero) is 1. The highest BCUT2D eigenvalue weighted by Crippen LogP contribution is 2.39. The third-order valence-electron chi connectivity index (χ3n) is 5.43. The molecule has 0 spiro atoms. The van der Waals surface area contributed by atoms with E-state index in [1.54, 1.807) is 18.2 Å². The van der Waals surface area contributed by atoms with Gasteiger partial charge in [0.15, 0.2) is 11.5 Å². The van der Waals surface area contributed by atoms with E-state index in [2.05, 4.69) is 0 Å². The number of halogens is 2. The van der Waals surface area contributed by atoms with Gasteiger partial charge in [-0.3, -0.25) is 9.59 Å². The van der Waals surface area contributed by atoms with Crippen LogP contribution in [0.4, 0.5) is 4.39 Å². The third-order valence-corrected chi connectivity index (χ3v) is 5.67. The van der Waals surface area contributed by atoms with Crippen LogP contribution >= 0.6 is 11.6 Å². The highest BCUT2D eigenvalue weighted by atomic mass is 35.5. The molecule has 2 heterocycles. The molecular formula is C25H23ClFNO5. The molecule has 1 amide bonds. The Hall–Kier alpha value is -3.16. The molecule has 4 rings (SSSR count). The molecule has 6 nitrogen and oxygen atoms in total. The Morgan fingerprint density at radius 3 is 2.64 bits per heavy atom. The number of carbonyl (C=O) groups excluding carboxylic acids is 2. The van der Waals surface area contributed by atoms with Gasteiger partial charge in [0.05, 0.1) is 17.7 Å². The number of nitrogens with zero attached hydrogens (tertiary/aromatic N) is 1. The van der Waals surface area contributed by atoms with Crippen molar-refractivity contribution in [3.63, 3.8) is 0 Å². The Morgan fingerprint density at radius 2 is 1.94 bits per heavy atom. The summed E-state index contributed by atoms with van der Waals surface area (Å²) in [5.74, 6) is -2.41. The van der Waals surface area contributed by atoms with Crippen LogP contribution in [0.25, 0.3) is 11.0 Å². The second-order valence-electron chi connectivity index (χ2n) is 8.11. The van der Waals surface area contributed by atoms with E-state index in [-0.39, 0.29) is 24.0 Å². The first kappa shape index (κ1) is 23.0. The molecule has 0 aliphatic carbocycles. The van der Waals surface area contributed by atoms with Crippen molar-refractivity contribution in [1.82, 2.24) is 4.90 Å². The zero-order valence-electron chi connectivity index (χ0n) is 18.2. The van der Waals surface area contributed by atoms with Crippen LogP contribution in [0, 0.1) is 5.82 Å². The number of hydrogen-bond donors (Lipinski definition) is 1. The monoisotopic (exact) mass is 471 g/mol. The minimum atomic E-state index is -0.888. The average Bonchev–Trinajstić information content (AvgIpc) is 3.30. The minimum Gasteiger partial charge on any atom is -0.503 e. The number of fused-ring (bicyclic) bond motifs is 1. The number of aliphatic hydroxyl groups is 1. The van der Waals surface area contributed by atoms with Crippen LogP contribution in [0.15, 0.2) is 64.3 Å². The lowest BCUT2D eigenvalue weighted by Gasteiger charge is -2.26. The molecular weight excluding hydrogens is 449 g/mol. The Balaban J connectivity index is 1.70. The molecule has 172 valence electrons. The maximum Gasteiger partial charge on any atom is 0.290 e. The quantitative estimate of drug-likeness (QED) is 0.341. The minimum absolute atomic E-state index is 0.0290.